The highest BCUT2D eigenvalue weighted by Crippen LogP contribution is 2.38. The van der Waals surface area contributed by atoms with E-state index in [4.69, 9.17) is 24.7 Å². The van der Waals surface area contributed by atoms with Crippen LogP contribution >= 0.6 is 0 Å². The maximum atomic E-state index is 11.5. The Hall–Kier alpha value is -1.95. The fraction of sp³-hybridized carbons (Fsp3) is 0.500. The van der Waals surface area contributed by atoms with Crippen LogP contribution in [0.1, 0.15) is 24.9 Å². The first-order chi connectivity index (χ1) is 9.57. The van der Waals surface area contributed by atoms with Crippen molar-refractivity contribution in [1.29, 1.82) is 0 Å². The van der Waals surface area contributed by atoms with E-state index in [2.05, 4.69) is 0 Å². The van der Waals surface area contributed by atoms with Crippen LogP contribution in [0.15, 0.2) is 12.1 Å². The highest BCUT2D eigenvalue weighted by molar-refractivity contribution is 5.71. The van der Waals surface area contributed by atoms with Gasteiger partial charge in [0.15, 0.2) is 0 Å². The molecule has 20 heavy (non-hydrogen) atoms. The summed E-state index contributed by atoms with van der Waals surface area (Å²) in [5, 5.41) is 0. The standard InChI is InChI=1S/C14H21NO5/c1-5-20-13(16)8-10(15)14-11(18-3)6-9(17-2)7-12(14)19-4/h6-7,10H,5,8,15H2,1-4H3/t10-/m1/s1. The Morgan fingerprint density at radius 1 is 1.15 bits per heavy atom. The van der Waals surface area contributed by atoms with Crippen molar-refractivity contribution < 1.29 is 23.7 Å². The van der Waals surface area contributed by atoms with Gasteiger partial charge in [0.2, 0.25) is 0 Å². The van der Waals surface area contributed by atoms with Gasteiger partial charge in [-0.05, 0) is 6.92 Å². The number of hydrogen-bond donors (Lipinski definition) is 1. The molecule has 0 spiro atoms. The lowest BCUT2D eigenvalue weighted by Crippen LogP contribution is -2.18. The third kappa shape index (κ3) is 3.77. The van der Waals surface area contributed by atoms with Crippen LogP contribution in [0.4, 0.5) is 0 Å². The molecule has 0 saturated heterocycles. The van der Waals surface area contributed by atoms with E-state index in [0.717, 1.165) is 0 Å². The Bertz CT molecular complexity index is 436. The summed E-state index contributed by atoms with van der Waals surface area (Å²) in [5.41, 5.74) is 6.68. The smallest absolute Gasteiger partial charge is 0.307 e. The van der Waals surface area contributed by atoms with E-state index in [-0.39, 0.29) is 12.4 Å². The number of rotatable bonds is 7. The van der Waals surface area contributed by atoms with Crippen molar-refractivity contribution in [3.63, 3.8) is 0 Å². The number of methoxy groups -OCH3 is 3. The normalized spacial score (nSPS) is 11.7. The Kier molecular flexibility index (Phi) is 6.11. The van der Waals surface area contributed by atoms with Gasteiger partial charge in [-0.2, -0.15) is 0 Å². The van der Waals surface area contributed by atoms with Gasteiger partial charge in [-0.25, -0.2) is 0 Å². The van der Waals surface area contributed by atoms with Gasteiger partial charge in [0, 0.05) is 18.2 Å². The molecule has 1 aromatic rings. The van der Waals surface area contributed by atoms with Crippen molar-refractivity contribution in [2.45, 2.75) is 19.4 Å². The Balaban J connectivity index is 3.10. The summed E-state index contributed by atoms with van der Waals surface area (Å²) >= 11 is 0. The molecule has 1 aromatic carbocycles. The Morgan fingerprint density at radius 2 is 1.70 bits per heavy atom. The first-order valence-corrected chi connectivity index (χ1v) is 6.28. The summed E-state index contributed by atoms with van der Waals surface area (Å²) in [4.78, 5) is 11.5. The van der Waals surface area contributed by atoms with E-state index in [1.807, 2.05) is 0 Å². The zero-order valence-corrected chi connectivity index (χ0v) is 12.3. The number of esters is 1. The van der Waals surface area contributed by atoms with Crippen LogP contribution in [0.3, 0.4) is 0 Å². The summed E-state index contributed by atoms with van der Waals surface area (Å²) in [6.45, 7) is 2.07. The molecule has 0 bridgehead atoms. The molecule has 0 saturated carbocycles. The molecule has 2 N–H and O–H groups in total. The number of benzene rings is 1. The van der Waals surface area contributed by atoms with Crippen LogP contribution < -0.4 is 19.9 Å². The summed E-state index contributed by atoms with van der Waals surface area (Å²) in [6.07, 6.45) is 0.0485. The molecule has 1 rings (SSSR count). The summed E-state index contributed by atoms with van der Waals surface area (Å²) in [6, 6.07) is 2.82. The molecular weight excluding hydrogens is 262 g/mol. The minimum atomic E-state index is -0.579. The lowest BCUT2D eigenvalue weighted by atomic mass is 10.0. The molecule has 0 aliphatic heterocycles. The number of carbonyl (C=O) groups is 1. The van der Waals surface area contributed by atoms with E-state index in [0.29, 0.717) is 29.4 Å². The predicted octanol–water partition coefficient (Wildman–Crippen LogP) is 1.67. The maximum absolute atomic E-state index is 11.5. The van der Waals surface area contributed by atoms with Crippen LogP contribution in [0, 0.1) is 0 Å². The molecule has 0 aromatic heterocycles. The van der Waals surface area contributed by atoms with Gasteiger partial charge < -0.3 is 24.7 Å². The van der Waals surface area contributed by atoms with E-state index >= 15 is 0 Å². The number of carbonyl (C=O) groups excluding carboxylic acids is 1. The predicted molar refractivity (Wildman–Crippen MR) is 74.3 cm³/mol. The van der Waals surface area contributed by atoms with Crippen molar-refractivity contribution in [3.05, 3.63) is 17.7 Å². The average molecular weight is 283 g/mol. The van der Waals surface area contributed by atoms with Gasteiger partial charge in [-0.3, -0.25) is 4.79 Å². The molecule has 112 valence electrons. The van der Waals surface area contributed by atoms with E-state index < -0.39 is 6.04 Å². The molecule has 0 heterocycles. The largest absolute Gasteiger partial charge is 0.496 e. The van der Waals surface area contributed by atoms with Crippen molar-refractivity contribution in [1.82, 2.24) is 0 Å². The number of hydrogen-bond acceptors (Lipinski definition) is 6. The summed E-state index contributed by atoms with van der Waals surface area (Å²) in [5.74, 6) is 1.25. The van der Waals surface area contributed by atoms with E-state index in [1.54, 1.807) is 26.2 Å². The van der Waals surface area contributed by atoms with Gasteiger partial charge in [-0.15, -0.1) is 0 Å². The molecule has 6 nitrogen and oxygen atoms in total. The minimum Gasteiger partial charge on any atom is -0.496 e. The fourth-order valence-electron chi connectivity index (χ4n) is 1.90. The van der Waals surface area contributed by atoms with Crippen LogP contribution in [0.25, 0.3) is 0 Å². The molecule has 0 fully saturated rings. The van der Waals surface area contributed by atoms with Crippen LogP contribution in [-0.4, -0.2) is 33.9 Å². The second-order valence-electron chi connectivity index (χ2n) is 4.06. The summed E-state index contributed by atoms with van der Waals surface area (Å²) < 4.78 is 20.7. The van der Waals surface area contributed by atoms with Gasteiger partial charge >= 0.3 is 5.97 Å². The number of ether oxygens (including phenoxy) is 4. The van der Waals surface area contributed by atoms with Crippen molar-refractivity contribution >= 4 is 5.97 Å². The topological polar surface area (TPSA) is 80.0 Å². The lowest BCUT2D eigenvalue weighted by Gasteiger charge is -2.19. The maximum Gasteiger partial charge on any atom is 0.307 e. The molecule has 0 amide bonds. The third-order valence-electron chi connectivity index (χ3n) is 2.82. The van der Waals surface area contributed by atoms with Crippen molar-refractivity contribution in [2.75, 3.05) is 27.9 Å². The lowest BCUT2D eigenvalue weighted by molar-refractivity contribution is -0.143. The van der Waals surface area contributed by atoms with E-state index in [9.17, 15) is 4.79 Å². The highest BCUT2D eigenvalue weighted by atomic mass is 16.5. The van der Waals surface area contributed by atoms with Crippen LogP contribution in [0.2, 0.25) is 0 Å². The van der Waals surface area contributed by atoms with Gasteiger partial charge in [0.05, 0.1) is 39.9 Å². The van der Waals surface area contributed by atoms with Gasteiger partial charge in [0.25, 0.3) is 0 Å². The van der Waals surface area contributed by atoms with Crippen molar-refractivity contribution in [3.8, 4) is 17.2 Å². The van der Waals surface area contributed by atoms with Crippen LogP contribution in [0.5, 0.6) is 17.2 Å². The van der Waals surface area contributed by atoms with E-state index in [1.165, 1.54) is 14.2 Å². The van der Waals surface area contributed by atoms with Crippen molar-refractivity contribution in [2.24, 2.45) is 5.73 Å². The second-order valence-corrected chi connectivity index (χ2v) is 4.06. The van der Waals surface area contributed by atoms with Gasteiger partial charge in [0.1, 0.15) is 17.2 Å². The molecule has 6 heteroatoms. The second kappa shape index (κ2) is 7.59. The Morgan fingerprint density at radius 3 is 2.10 bits per heavy atom. The molecule has 0 unspecified atom stereocenters. The SMILES string of the molecule is CCOC(=O)C[C@@H](N)c1c(OC)cc(OC)cc1OC. The first kappa shape index (κ1) is 16.1. The molecule has 1 atom stereocenters. The third-order valence-corrected chi connectivity index (χ3v) is 2.82. The highest BCUT2D eigenvalue weighted by Gasteiger charge is 2.22. The van der Waals surface area contributed by atoms with Crippen LogP contribution in [-0.2, 0) is 9.53 Å². The van der Waals surface area contributed by atoms with Gasteiger partial charge in [-0.1, -0.05) is 0 Å². The summed E-state index contributed by atoms with van der Waals surface area (Å²) in [7, 11) is 4.59. The average Bonchev–Trinajstić information content (AvgIpc) is 2.45. The zero-order chi connectivity index (χ0) is 15.1. The molecule has 0 aliphatic rings. The molecule has 0 radical (unpaired) electrons. The molecule has 0 aliphatic carbocycles. The minimum absolute atomic E-state index is 0.0485. The number of nitrogens with two attached hydrogens (primary N) is 1. The quantitative estimate of drug-likeness (QED) is 0.767. The fourth-order valence-corrected chi connectivity index (χ4v) is 1.90. The molecular formula is C14H21NO5. The Labute approximate surface area is 118 Å². The monoisotopic (exact) mass is 283 g/mol. The zero-order valence-electron chi connectivity index (χ0n) is 12.3. The first-order valence-electron chi connectivity index (χ1n) is 6.28.